The zero-order valence-corrected chi connectivity index (χ0v) is 9.46. The predicted molar refractivity (Wildman–Crippen MR) is 41.8 cm³/mol. The van der Waals surface area contributed by atoms with Gasteiger partial charge >= 0.3 is 35.5 Å². The maximum atomic E-state index is 10.5. The average Bonchev–Trinajstić information content (AvgIpc) is 1.85. The predicted octanol–water partition coefficient (Wildman–Crippen LogP) is -1.49. The van der Waals surface area contributed by atoms with E-state index in [0.717, 1.165) is 11.3 Å². The second kappa shape index (κ2) is 4.60. The summed E-state index contributed by atoms with van der Waals surface area (Å²) in [4.78, 5) is 14.4. The second-order valence-corrected chi connectivity index (χ2v) is 2.45. The summed E-state index contributed by atoms with van der Waals surface area (Å²) >= 11 is 0. The Labute approximate surface area is 94.6 Å². The Kier molecular flexibility index (Phi) is 4.45. The molecular weight excluding hydrogens is 165 g/mol. The summed E-state index contributed by atoms with van der Waals surface area (Å²) < 4.78 is 0. The molecule has 1 rings (SSSR count). The van der Waals surface area contributed by atoms with Crippen molar-refractivity contribution in [2.24, 2.45) is 0 Å². The van der Waals surface area contributed by atoms with E-state index in [2.05, 4.69) is 4.98 Å². The summed E-state index contributed by atoms with van der Waals surface area (Å²) in [5.41, 5.74) is 1.87. The van der Waals surface area contributed by atoms with Crippen molar-refractivity contribution in [2.75, 3.05) is 0 Å². The summed E-state index contributed by atoms with van der Waals surface area (Å²) in [6, 6.07) is 1.75. The van der Waals surface area contributed by atoms with Crippen molar-refractivity contribution in [3.8, 4) is 0 Å². The maximum absolute atomic E-state index is 10.5. The molecule has 0 atom stereocenters. The number of rotatable bonds is 1. The number of carboxylic acid groups (broad SMARTS) is 1. The van der Waals surface area contributed by atoms with E-state index < -0.39 is 5.97 Å². The molecule has 60 valence electrons. The van der Waals surface area contributed by atoms with Gasteiger partial charge in [-0.25, -0.2) is 4.79 Å². The molecule has 0 amide bonds. The quantitative estimate of drug-likeness (QED) is 0.529. The minimum atomic E-state index is -0.921. The van der Waals surface area contributed by atoms with Gasteiger partial charge in [-0.3, -0.25) is 4.98 Å². The normalized spacial score (nSPS) is 8.83. The number of aryl methyl sites for hydroxylation is 2. The van der Waals surface area contributed by atoms with E-state index in [1.165, 1.54) is 6.20 Å². The van der Waals surface area contributed by atoms with Gasteiger partial charge in [0.05, 0.1) is 5.56 Å². The first-order chi connectivity index (χ1) is 5.11. The minimum Gasteiger partial charge on any atom is -1.00 e. The van der Waals surface area contributed by atoms with Crippen LogP contribution in [-0.2, 0) is 0 Å². The first-order valence-corrected chi connectivity index (χ1v) is 3.28. The van der Waals surface area contributed by atoms with Crippen LogP contribution in [0.1, 0.15) is 23.0 Å². The molecule has 0 fully saturated rings. The van der Waals surface area contributed by atoms with Gasteiger partial charge in [0.1, 0.15) is 0 Å². The Morgan fingerprint density at radius 2 is 2.17 bits per heavy atom. The third kappa shape index (κ3) is 2.59. The smallest absolute Gasteiger partial charge is 1.00 e. The maximum Gasteiger partial charge on any atom is 1.00 e. The fourth-order valence-electron chi connectivity index (χ4n) is 0.920. The molecule has 3 nitrogen and oxygen atoms in total. The Balaban J connectivity index is 0. The molecule has 1 N–H and O–H groups in total. The zero-order valence-electron chi connectivity index (χ0n) is 8.46. The van der Waals surface area contributed by atoms with Gasteiger partial charge in [-0.05, 0) is 25.5 Å². The van der Waals surface area contributed by atoms with Crippen LogP contribution in [0.5, 0.6) is 0 Å². The van der Waals surface area contributed by atoms with Crippen LogP contribution in [0, 0.1) is 13.8 Å². The molecule has 4 heteroatoms. The summed E-state index contributed by atoms with van der Waals surface area (Å²) in [6.45, 7) is 3.59. The number of pyridine rings is 1. The number of aromatic nitrogens is 1. The van der Waals surface area contributed by atoms with E-state index in [4.69, 9.17) is 5.11 Å². The fraction of sp³-hybridized carbons (Fsp3) is 0.250. The van der Waals surface area contributed by atoms with Crippen molar-refractivity contribution < 1.29 is 40.9 Å². The largest absolute Gasteiger partial charge is 1.00 e. The molecule has 0 unspecified atom stereocenters. The van der Waals surface area contributed by atoms with Crippen molar-refractivity contribution in [3.63, 3.8) is 0 Å². The van der Waals surface area contributed by atoms with Crippen LogP contribution < -0.4 is 29.6 Å². The fourth-order valence-corrected chi connectivity index (χ4v) is 0.920. The standard InChI is InChI=1S/C8H9NO2.Na.H/c1-5-3-6(2)9-4-7(5)8(10)11;;/h3-4H,1-2H3,(H,10,11);;/q;+1;-1. The molecule has 1 heterocycles. The summed E-state index contributed by atoms with van der Waals surface area (Å²) in [7, 11) is 0. The number of hydrogen-bond donors (Lipinski definition) is 1. The van der Waals surface area contributed by atoms with Gasteiger partial charge in [-0.15, -0.1) is 0 Å². The van der Waals surface area contributed by atoms with Crippen molar-refractivity contribution in [2.45, 2.75) is 13.8 Å². The molecule has 0 aliphatic heterocycles. The third-order valence-corrected chi connectivity index (χ3v) is 1.48. The van der Waals surface area contributed by atoms with Crippen LogP contribution in [0.3, 0.4) is 0 Å². The Morgan fingerprint density at radius 1 is 1.58 bits per heavy atom. The minimum absolute atomic E-state index is 0. The summed E-state index contributed by atoms with van der Waals surface area (Å²) in [5.74, 6) is -0.921. The van der Waals surface area contributed by atoms with E-state index in [0.29, 0.717) is 0 Å². The number of hydrogen-bond acceptors (Lipinski definition) is 2. The van der Waals surface area contributed by atoms with Crippen molar-refractivity contribution >= 4 is 5.97 Å². The van der Waals surface area contributed by atoms with Crippen LogP contribution in [0.2, 0.25) is 0 Å². The molecule has 0 saturated carbocycles. The average molecular weight is 175 g/mol. The van der Waals surface area contributed by atoms with Crippen molar-refractivity contribution in [3.05, 3.63) is 29.1 Å². The topological polar surface area (TPSA) is 50.2 Å². The van der Waals surface area contributed by atoms with Gasteiger partial charge in [-0.1, -0.05) is 0 Å². The van der Waals surface area contributed by atoms with E-state index in [-0.39, 0.29) is 36.5 Å². The van der Waals surface area contributed by atoms with Crippen LogP contribution >= 0.6 is 0 Å². The zero-order chi connectivity index (χ0) is 8.43. The number of carboxylic acids is 1. The van der Waals surface area contributed by atoms with Crippen molar-refractivity contribution in [1.82, 2.24) is 4.98 Å². The van der Waals surface area contributed by atoms with E-state index in [9.17, 15) is 4.79 Å². The molecule has 0 radical (unpaired) electrons. The van der Waals surface area contributed by atoms with Gasteiger partial charge in [0.25, 0.3) is 0 Å². The second-order valence-electron chi connectivity index (χ2n) is 2.45. The molecule has 0 saturated heterocycles. The molecule has 0 aromatic carbocycles. The van der Waals surface area contributed by atoms with Gasteiger partial charge < -0.3 is 6.53 Å². The third-order valence-electron chi connectivity index (χ3n) is 1.48. The van der Waals surface area contributed by atoms with Gasteiger partial charge in [0.15, 0.2) is 0 Å². The van der Waals surface area contributed by atoms with Crippen LogP contribution in [0.25, 0.3) is 0 Å². The number of nitrogens with zero attached hydrogens (tertiary/aromatic N) is 1. The van der Waals surface area contributed by atoms with E-state index >= 15 is 0 Å². The SMILES string of the molecule is Cc1cc(C)c(C(=O)O)cn1.[H-].[Na+]. The summed E-state index contributed by atoms with van der Waals surface area (Å²) in [5, 5.41) is 8.62. The number of aromatic carboxylic acids is 1. The van der Waals surface area contributed by atoms with E-state index in [1.54, 1.807) is 13.0 Å². The van der Waals surface area contributed by atoms with Crippen LogP contribution in [0.15, 0.2) is 12.3 Å². The molecule has 1 aromatic heterocycles. The van der Waals surface area contributed by atoms with Crippen LogP contribution in [0.4, 0.5) is 0 Å². The molecule has 0 aliphatic rings. The molecule has 0 aliphatic carbocycles. The Morgan fingerprint density at radius 3 is 2.58 bits per heavy atom. The molecule has 1 aromatic rings. The van der Waals surface area contributed by atoms with E-state index in [1.807, 2.05) is 6.92 Å². The van der Waals surface area contributed by atoms with Gasteiger partial charge in [-0.2, -0.15) is 0 Å². The van der Waals surface area contributed by atoms with Crippen molar-refractivity contribution in [1.29, 1.82) is 0 Å². The molecule has 12 heavy (non-hydrogen) atoms. The molecule has 0 spiro atoms. The first-order valence-electron chi connectivity index (χ1n) is 3.28. The molecule has 0 bridgehead atoms. The Bertz CT molecular complexity index is 304. The monoisotopic (exact) mass is 175 g/mol. The summed E-state index contributed by atoms with van der Waals surface area (Å²) in [6.07, 6.45) is 1.38. The van der Waals surface area contributed by atoms with Gasteiger partial charge in [0, 0.05) is 11.9 Å². The first kappa shape index (κ1) is 11.6. The Hall–Kier alpha value is -0.380. The number of carbonyl (C=O) groups is 1. The molecular formula is C8H10NNaO2. The van der Waals surface area contributed by atoms with Gasteiger partial charge in [0.2, 0.25) is 0 Å². The van der Waals surface area contributed by atoms with Crippen LogP contribution in [-0.4, -0.2) is 16.1 Å².